The maximum absolute atomic E-state index is 14.7. The lowest BCUT2D eigenvalue weighted by atomic mass is 10.1. The van der Waals surface area contributed by atoms with Crippen molar-refractivity contribution in [3.8, 4) is 16.9 Å². The van der Waals surface area contributed by atoms with Crippen LogP contribution < -0.4 is 0 Å². The highest BCUT2D eigenvalue weighted by Crippen LogP contribution is 2.23. The Hall–Kier alpha value is -4.46. The van der Waals surface area contributed by atoms with Gasteiger partial charge in [-0.25, -0.2) is 23.9 Å². The van der Waals surface area contributed by atoms with Gasteiger partial charge >= 0.3 is 0 Å². The summed E-state index contributed by atoms with van der Waals surface area (Å²) in [5, 5.41) is 5.77. The minimum absolute atomic E-state index is 0.363. The smallest absolute Gasteiger partial charge is 0.250 e. The van der Waals surface area contributed by atoms with E-state index in [-0.39, 0.29) is 5.82 Å². The zero-order valence-electron chi connectivity index (χ0n) is 16.8. The molecule has 0 atom stereocenters. The minimum atomic E-state index is -0.363. The summed E-state index contributed by atoms with van der Waals surface area (Å²) in [5.74, 6) is 0.139. The molecule has 0 fully saturated rings. The Labute approximate surface area is 181 Å². The summed E-state index contributed by atoms with van der Waals surface area (Å²) in [6.07, 6.45) is 10.7. The molecule has 0 bridgehead atoms. The van der Waals surface area contributed by atoms with Crippen LogP contribution in [0.25, 0.3) is 33.6 Å². The highest BCUT2D eigenvalue weighted by Gasteiger charge is 2.12. The number of imidazole rings is 2. The molecule has 0 aliphatic carbocycles. The highest BCUT2D eigenvalue weighted by molar-refractivity contribution is 5.79. The fraction of sp³-hybridized carbons (Fsp3) is 0.0417. The molecule has 4 heterocycles. The Kier molecular flexibility index (Phi) is 4.21. The number of aromatic nitrogens is 7. The van der Waals surface area contributed by atoms with Crippen molar-refractivity contribution in [3.63, 3.8) is 0 Å². The van der Waals surface area contributed by atoms with E-state index in [1.165, 1.54) is 6.07 Å². The fourth-order valence-corrected chi connectivity index (χ4v) is 3.79. The van der Waals surface area contributed by atoms with E-state index < -0.39 is 0 Å². The number of benzene rings is 2. The third kappa shape index (κ3) is 3.18. The normalized spacial score (nSPS) is 11.4. The average Bonchev–Trinajstić information content (AvgIpc) is 3.49. The Bertz CT molecular complexity index is 1570. The van der Waals surface area contributed by atoms with Crippen LogP contribution in [0.5, 0.6) is 0 Å². The topological polar surface area (TPSA) is 73.8 Å². The van der Waals surface area contributed by atoms with Crippen molar-refractivity contribution in [3.05, 3.63) is 103 Å². The summed E-state index contributed by atoms with van der Waals surface area (Å²) >= 11 is 0. The lowest BCUT2D eigenvalue weighted by Gasteiger charge is -2.08. The highest BCUT2D eigenvalue weighted by atomic mass is 19.1. The molecule has 4 aromatic heterocycles. The number of fused-ring (bicyclic) bond motifs is 2. The Balaban J connectivity index is 1.36. The summed E-state index contributed by atoms with van der Waals surface area (Å²) in [6, 6.07) is 15.1. The molecule has 7 nitrogen and oxygen atoms in total. The number of halogens is 1. The molecular formula is C24H16FN7. The number of rotatable bonds is 4. The second kappa shape index (κ2) is 7.35. The summed E-state index contributed by atoms with van der Waals surface area (Å²) < 4.78 is 18.1. The summed E-state index contributed by atoms with van der Waals surface area (Å²) in [7, 11) is 0. The van der Waals surface area contributed by atoms with Crippen molar-refractivity contribution in [2.75, 3.05) is 0 Å². The average molecular weight is 421 g/mol. The number of nitrogens with zero attached hydrogens (tertiary/aromatic N) is 7. The van der Waals surface area contributed by atoms with E-state index >= 15 is 0 Å². The zero-order valence-corrected chi connectivity index (χ0v) is 16.8. The van der Waals surface area contributed by atoms with Crippen LogP contribution in [0, 0.1) is 5.82 Å². The maximum Gasteiger partial charge on any atom is 0.250 e. The van der Waals surface area contributed by atoms with E-state index in [2.05, 4.69) is 32.1 Å². The van der Waals surface area contributed by atoms with Crippen LogP contribution in [0.15, 0.2) is 85.8 Å². The molecule has 0 saturated heterocycles. The van der Waals surface area contributed by atoms with Crippen LogP contribution in [0.2, 0.25) is 0 Å². The van der Waals surface area contributed by atoms with Gasteiger partial charge in [0.05, 0.1) is 35.6 Å². The molecule has 0 amide bonds. The third-order valence-electron chi connectivity index (χ3n) is 5.38. The lowest BCUT2D eigenvalue weighted by molar-refractivity contribution is 0.618. The molecule has 0 saturated carbocycles. The van der Waals surface area contributed by atoms with E-state index in [4.69, 9.17) is 5.10 Å². The van der Waals surface area contributed by atoms with Gasteiger partial charge in [-0.2, -0.15) is 5.10 Å². The first-order valence-electron chi connectivity index (χ1n) is 10.1. The molecule has 0 unspecified atom stereocenters. The Morgan fingerprint density at radius 3 is 2.72 bits per heavy atom. The summed E-state index contributed by atoms with van der Waals surface area (Å²) in [6.45, 7) is 0. The van der Waals surface area contributed by atoms with Gasteiger partial charge in [0.2, 0.25) is 0 Å². The van der Waals surface area contributed by atoms with Crippen LogP contribution in [0.1, 0.15) is 11.3 Å². The molecule has 154 valence electrons. The lowest BCUT2D eigenvalue weighted by Crippen LogP contribution is -2.03. The van der Waals surface area contributed by atoms with Gasteiger partial charge in [-0.3, -0.25) is 4.98 Å². The SMILES string of the molecule is Fc1cc(-c2cnc3ncc(Cc4ccc5ncccc5c4)n3n2)ccc1-n1ccnc1. The van der Waals surface area contributed by atoms with Gasteiger partial charge < -0.3 is 4.57 Å². The molecule has 2 aromatic carbocycles. The van der Waals surface area contributed by atoms with Gasteiger partial charge in [0.25, 0.3) is 5.78 Å². The second-order valence-electron chi connectivity index (χ2n) is 7.45. The van der Waals surface area contributed by atoms with E-state index in [1.807, 2.05) is 24.3 Å². The van der Waals surface area contributed by atoms with E-state index in [9.17, 15) is 4.39 Å². The second-order valence-corrected chi connectivity index (χ2v) is 7.45. The number of pyridine rings is 1. The molecule has 6 aromatic rings. The number of hydrogen-bond donors (Lipinski definition) is 0. The van der Waals surface area contributed by atoms with Crippen molar-refractivity contribution in [2.24, 2.45) is 0 Å². The molecule has 0 N–H and O–H groups in total. The van der Waals surface area contributed by atoms with E-state index in [1.54, 1.807) is 52.5 Å². The summed E-state index contributed by atoms with van der Waals surface area (Å²) in [5.41, 5.74) is 4.60. The van der Waals surface area contributed by atoms with Crippen molar-refractivity contribution in [2.45, 2.75) is 6.42 Å². The first-order valence-corrected chi connectivity index (χ1v) is 10.1. The quantitative estimate of drug-likeness (QED) is 0.425. The minimum Gasteiger partial charge on any atom is -0.303 e. The van der Waals surface area contributed by atoms with Crippen molar-refractivity contribution in [1.82, 2.24) is 34.1 Å². The van der Waals surface area contributed by atoms with E-state index in [0.29, 0.717) is 29.1 Å². The zero-order chi connectivity index (χ0) is 21.5. The molecule has 0 aliphatic rings. The molecular weight excluding hydrogens is 405 g/mol. The van der Waals surface area contributed by atoms with Gasteiger partial charge in [-0.1, -0.05) is 18.2 Å². The van der Waals surface area contributed by atoms with E-state index in [0.717, 1.165) is 22.2 Å². The summed E-state index contributed by atoms with van der Waals surface area (Å²) in [4.78, 5) is 17.1. The third-order valence-corrected chi connectivity index (χ3v) is 5.38. The van der Waals surface area contributed by atoms with Crippen LogP contribution in [-0.4, -0.2) is 34.1 Å². The van der Waals surface area contributed by atoms with Gasteiger partial charge in [-0.15, -0.1) is 0 Å². The standard InChI is InChI=1S/C24H16FN7/c25-20-12-18(4-6-23(20)31-9-8-26-15-31)22-14-29-24-28-13-19(32(24)30-22)11-16-3-5-21-17(10-16)2-1-7-27-21/h1-10,12-15H,11H2. The van der Waals surface area contributed by atoms with Crippen molar-refractivity contribution >= 4 is 16.7 Å². The van der Waals surface area contributed by atoms with Crippen LogP contribution >= 0.6 is 0 Å². The van der Waals surface area contributed by atoms with Gasteiger partial charge in [-0.05, 0) is 35.9 Å². The van der Waals surface area contributed by atoms with Crippen LogP contribution in [0.4, 0.5) is 4.39 Å². The number of hydrogen-bond acceptors (Lipinski definition) is 5. The largest absolute Gasteiger partial charge is 0.303 e. The molecule has 32 heavy (non-hydrogen) atoms. The molecule has 6 rings (SSSR count). The molecule has 0 radical (unpaired) electrons. The monoisotopic (exact) mass is 421 g/mol. The first-order chi connectivity index (χ1) is 15.7. The van der Waals surface area contributed by atoms with Crippen molar-refractivity contribution < 1.29 is 4.39 Å². The Morgan fingerprint density at radius 2 is 1.84 bits per heavy atom. The van der Waals surface area contributed by atoms with Crippen LogP contribution in [-0.2, 0) is 6.42 Å². The van der Waals surface area contributed by atoms with Crippen LogP contribution in [0.3, 0.4) is 0 Å². The Morgan fingerprint density at radius 1 is 0.906 bits per heavy atom. The molecule has 8 heteroatoms. The van der Waals surface area contributed by atoms with Crippen molar-refractivity contribution in [1.29, 1.82) is 0 Å². The molecule has 0 aliphatic heterocycles. The predicted octanol–water partition coefficient (Wildman–Crippen LogP) is 4.26. The fourth-order valence-electron chi connectivity index (χ4n) is 3.79. The maximum atomic E-state index is 14.7. The first kappa shape index (κ1) is 18.3. The van der Waals surface area contributed by atoms with Gasteiger partial charge in [0.15, 0.2) is 0 Å². The molecule has 0 spiro atoms. The predicted molar refractivity (Wildman–Crippen MR) is 118 cm³/mol. The van der Waals surface area contributed by atoms with Gasteiger partial charge in [0, 0.05) is 36.0 Å². The van der Waals surface area contributed by atoms with Gasteiger partial charge in [0.1, 0.15) is 11.5 Å².